The first-order chi connectivity index (χ1) is 17.0. The number of hydrogen-bond donors (Lipinski definition) is 4. The van der Waals surface area contributed by atoms with E-state index in [0.717, 1.165) is 43.9 Å². The molecule has 2 aliphatic rings. The molecule has 4 N–H and O–H groups in total. The number of benzene rings is 2. The number of nitrogens with zero attached hydrogens (tertiary/aromatic N) is 2. The van der Waals surface area contributed by atoms with Gasteiger partial charge in [-0.25, -0.2) is 0 Å². The van der Waals surface area contributed by atoms with Gasteiger partial charge in [-0.1, -0.05) is 36.4 Å². The minimum Gasteiger partial charge on any atom is -0.481 e. The molecular weight excluding hydrogens is 446 g/mol. The highest BCUT2D eigenvalue weighted by molar-refractivity contribution is 5.96. The minimum absolute atomic E-state index is 0.184. The fraction of sp³-hybridized carbons (Fsp3) is 0.423. The molecule has 2 aliphatic heterocycles. The second kappa shape index (κ2) is 11.8. The Morgan fingerprint density at radius 2 is 1.83 bits per heavy atom. The summed E-state index contributed by atoms with van der Waals surface area (Å²) in [6, 6.07) is 14.3. The Kier molecular flexibility index (Phi) is 8.33. The number of hydrogen-bond acceptors (Lipinski definition) is 6. The lowest BCUT2D eigenvalue weighted by molar-refractivity contribution is -0.141. The highest BCUT2D eigenvalue weighted by atomic mass is 16.4. The van der Waals surface area contributed by atoms with Gasteiger partial charge in [0.2, 0.25) is 5.91 Å². The summed E-state index contributed by atoms with van der Waals surface area (Å²) in [6.45, 7) is 6.05. The van der Waals surface area contributed by atoms with E-state index in [1.54, 1.807) is 17.0 Å². The zero-order chi connectivity index (χ0) is 24.6. The highest BCUT2D eigenvalue weighted by Gasteiger charge is 2.31. The van der Waals surface area contributed by atoms with Crippen LogP contribution in [0.5, 0.6) is 0 Å². The van der Waals surface area contributed by atoms with Crippen LogP contribution in [-0.4, -0.2) is 84.5 Å². The summed E-state index contributed by atoms with van der Waals surface area (Å²) >= 11 is 0. The predicted octanol–water partition coefficient (Wildman–Crippen LogP) is 1.16. The number of carbonyl (C=O) groups is 3. The standard InChI is InChI=1S/C26H33N5O4/c32-24(33)17-23-26(35)31(12-8-19-4-2-1-3-5-19)18-21-7-6-20(16-22(21)29-23)25(34)28-11-15-30-13-9-27-10-14-30/h1-7,16,23,27,29H,8-15,17-18H2,(H,28,34)(H,32,33)/t23-/m0/s1. The molecule has 2 aromatic carbocycles. The van der Waals surface area contributed by atoms with Crippen molar-refractivity contribution in [1.82, 2.24) is 20.4 Å². The normalized spacial score (nSPS) is 18.3. The second-order valence-electron chi connectivity index (χ2n) is 9.01. The van der Waals surface area contributed by atoms with Gasteiger partial charge >= 0.3 is 5.97 Å². The van der Waals surface area contributed by atoms with Crippen molar-refractivity contribution in [1.29, 1.82) is 0 Å². The molecule has 1 fully saturated rings. The monoisotopic (exact) mass is 479 g/mol. The van der Waals surface area contributed by atoms with Gasteiger partial charge in [0.05, 0.1) is 6.42 Å². The number of amides is 2. The number of nitrogens with one attached hydrogen (secondary N) is 3. The first kappa shape index (κ1) is 24.7. The average molecular weight is 480 g/mol. The van der Waals surface area contributed by atoms with Crippen molar-refractivity contribution in [2.24, 2.45) is 0 Å². The molecule has 35 heavy (non-hydrogen) atoms. The number of aliphatic carboxylic acids is 1. The van der Waals surface area contributed by atoms with Gasteiger partial charge in [-0.05, 0) is 29.7 Å². The fourth-order valence-corrected chi connectivity index (χ4v) is 4.52. The summed E-state index contributed by atoms with van der Waals surface area (Å²) < 4.78 is 0. The first-order valence-electron chi connectivity index (χ1n) is 12.1. The Balaban J connectivity index is 1.44. The van der Waals surface area contributed by atoms with Crippen molar-refractivity contribution in [2.45, 2.75) is 25.4 Å². The number of piperazine rings is 1. The SMILES string of the molecule is O=C(O)C[C@@H]1Nc2cc(C(=O)NCCN3CCNCC3)ccc2CN(CCc2ccccc2)C1=O. The molecular formula is C26H33N5O4. The molecule has 0 unspecified atom stereocenters. The summed E-state index contributed by atoms with van der Waals surface area (Å²) in [6.07, 6.45) is 0.344. The smallest absolute Gasteiger partial charge is 0.305 e. The maximum atomic E-state index is 13.2. The fourth-order valence-electron chi connectivity index (χ4n) is 4.52. The Morgan fingerprint density at radius 3 is 2.57 bits per heavy atom. The number of carboxylic acid groups (broad SMARTS) is 1. The summed E-state index contributed by atoms with van der Waals surface area (Å²) in [5, 5.41) is 18.8. The molecule has 0 bridgehead atoms. The zero-order valence-corrected chi connectivity index (χ0v) is 19.8. The summed E-state index contributed by atoms with van der Waals surface area (Å²) in [4.78, 5) is 41.4. The largest absolute Gasteiger partial charge is 0.481 e. The van der Waals surface area contributed by atoms with Crippen molar-refractivity contribution in [2.75, 3.05) is 51.1 Å². The van der Waals surface area contributed by atoms with E-state index in [-0.39, 0.29) is 18.2 Å². The first-order valence-corrected chi connectivity index (χ1v) is 12.1. The van der Waals surface area contributed by atoms with Crippen LogP contribution in [0.3, 0.4) is 0 Å². The van der Waals surface area contributed by atoms with Crippen molar-refractivity contribution < 1.29 is 19.5 Å². The van der Waals surface area contributed by atoms with Gasteiger partial charge in [-0.15, -0.1) is 0 Å². The molecule has 0 aliphatic carbocycles. The van der Waals surface area contributed by atoms with E-state index in [2.05, 4.69) is 20.9 Å². The van der Waals surface area contributed by atoms with Crippen molar-refractivity contribution in [3.63, 3.8) is 0 Å². The van der Waals surface area contributed by atoms with E-state index in [4.69, 9.17) is 0 Å². The third-order valence-corrected chi connectivity index (χ3v) is 6.49. The molecule has 9 heteroatoms. The Labute approximate surface area is 205 Å². The molecule has 0 aromatic heterocycles. The lowest BCUT2D eigenvalue weighted by atomic mass is 10.1. The molecule has 0 radical (unpaired) electrons. The molecule has 2 heterocycles. The van der Waals surface area contributed by atoms with Crippen LogP contribution in [0.2, 0.25) is 0 Å². The third kappa shape index (κ3) is 6.80. The van der Waals surface area contributed by atoms with E-state index >= 15 is 0 Å². The van der Waals surface area contributed by atoms with Crippen molar-refractivity contribution >= 4 is 23.5 Å². The van der Waals surface area contributed by atoms with Crippen molar-refractivity contribution in [3.8, 4) is 0 Å². The van der Waals surface area contributed by atoms with Gasteiger partial charge in [-0.2, -0.15) is 0 Å². The number of fused-ring (bicyclic) bond motifs is 1. The topological polar surface area (TPSA) is 114 Å². The van der Waals surface area contributed by atoms with Crippen molar-refractivity contribution in [3.05, 3.63) is 65.2 Å². The van der Waals surface area contributed by atoms with Gasteiger partial charge in [0.25, 0.3) is 5.91 Å². The van der Waals surface area contributed by atoms with Crippen LogP contribution in [0.15, 0.2) is 48.5 Å². The molecule has 2 amide bonds. The van der Waals surface area contributed by atoms with E-state index in [1.165, 1.54) is 0 Å². The summed E-state index contributed by atoms with van der Waals surface area (Å²) in [5.74, 6) is -1.48. The second-order valence-corrected chi connectivity index (χ2v) is 9.01. The quantitative estimate of drug-likeness (QED) is 0.427. The number of carboxylic acids is 1. The molecule has 186 valence electrons. The number of anilines is 1. The van der Waals surface area contributed by atoms with Crippen LogP contribution in [0.1, 0.15) is 27.9 Å². The van der Waals surface area contributed by atoms with Gasteiger partial charge in [-0.3, -0.25) is 19.3 Å². The molecule has 2 aromatic rings. The Hall–Kier alpha value is -3.43. The maximum absolute atomic E-state index is 13.2. The van der Waals surface area contributed by atoms with Crippen LogP contribution < -0.4 is 16.0 Å². The number of carbonyl (C=O) groups excluding carboxylic acids is 2. The van der Waals surface area contributed by atoms with Crippen LogP contribution >= 0.6 is 0 Å². The van der Waals surface area contributed by atoms with Crippen LogP contribution in [0.25, 0.3) is 0 Å². The Morgan fingerprint density at radius 1 is 1.06 bits per heavy atom. The third-order valence-electron chi connectivity index (χ3n) is 6.49. The highest BCUT2D eigenvalue weighted by Crippen LogP contribution is 2.26. The lowest BCUT2D eigenvalue weighted by Crippen LogP contribution is -2.46. The Bertz CT molecular complexity index is 1040. The zero-order valence-electron chi connectivity index (χ0n) is 19.8. The van der Waals surface area contributed by atoms with Gasteiger partial charge < -0.3 is 26.0 Å². The van der Waals surface area contributed by atoms with Gasteiger partial charge in [0.15, 0.2) is 0 Å². The molecule has 1 saturated heterocycles. The molecule has 9 nitrogen and oxygen atoms in total. The van der Waals surface area contributed by atoms with Crippen LogP contribution in [0.4, 0.5) is 5.69 Å². The predicted molar refractivity (Wildman–Crippen MR) is 133 cm³/mol. The van der Waals surface area contributed by atoms with Gasteiger partial charge in [0, 0.05) is 63.6 Å². The summed E-state index contributed by atoms with van der Waals surface area (Å²) in [5.41, 5.74) is 3.08. The minimum atomic E-state index is -1.05. The summed E-state index contributed by atoms with van der Waals surface area (Å²) in [7, 11) is 0. The van der Waals surface area contributed by atoms with E-state index in [0.29, 0.717) is 37.3 Å². The maximum Gasteiger partial charge on any atom is 0.305 e. The van der Waals surface area contributed by atoms with E-state index in [1.807, 2.05) is 36.4 Å². The molecule has 0 saturated carbocycles. The van der Waals surface area contributed by atoms with E-state index < -0.39 is 12.0 Å². The lowest BCUT2D eigenvalue weighted by Gasteiger charge is -2.27. The van der Waals surface area contributed by atoms with E-state index in [9.17, 15) is 19.5 Å². The molecule has 4 rings (SSSR count). The van der Waals surface area contributed by atoms with Crippen LogP contribution in [-0.2, 0) is 22.6 Å². The molecule has 1 atom stereocenters. The van der Waals surface area contributed by atoms with Gasteiger partial charge in [0.1, 0.15) is 6.04 Å². The molecule has 0 spiro atoms. The average Bonchev–Trinajstić information content (AvgIpc) is 2.99. The van der Waals surface area contributed by atoms with Crippen LogP contribution in [0, 0.1) is 0 Å². The number of rotatable bonds is 9.